The standard InChI is InChI=1S/C26H31FN2O2/c1-20(30)29(19-23-12-14-24(27)15-13-23)25(18-22-10-6-3-7-11-22)26(31)28-17-16-21-8-4-2-5-9-21/h3,6-8,10-15,25H,2,4-5,9,16-19H2,1H3,(H,28,31). The average molecular weight is 423 g/mol. The molecular formula is C26H31FN2O2. The highest BCUT2D eigenvalue weighted by molar-refractivity contribution is 5.87. The summed E-state index contributed by atoms with van der Waals surface area (Å²) < 4.78 is 13.3. The molecule has 0 radical (unpaired) electrons. The second-order valence-electron chi connectivity index (χ2n) is 8.13. The van der Waals surface area contributed by atoms with Gasteiger partial charge in [-0.1, -0.05) is 54.1 Å². The second kappa shape index (κ2) is 11.4. The summed E-state index contributed by atoms with van der Waals surface area (Å²) in [4.78, 5) is 27.3. The minimum Gasteiger partial charge on any atom is -0.354 e. The number of carbonyl (C=O) groups excluding carboxylic acids is 2. The molecule has 31 heavy (non-hydrogen) atoms. The van der Waals surface area contributed by atoms with Crippen molar-refractivity contribution in [3.8, 4) is 0 Å². The van der Waals surface area contributed by atoms with Gasteiger partial charge in [0.2, 0.25) is 11.8 Å². The van der Waals surface area contributed by atoms with Crippen LogP contribution in [0.2, 0.25) is 0 Å². The summed E-state index contributed by atoms with van der Waals surface area (Å²) in [7, 11) is 0. The topological polar surface area (TPSA) is 49.4 Å². The average Bonchev–Trinajstić information content (AvgIpc) is 2.78. The summed E-state index contributed by atoms with van der Waals surface area (Å²) >= 11 is 0. The van der Waals surface area contributed by atoms with Crippen molar-refractivity contribution in [1.29, 1.82) is 0 Å². The Kier molecular flexibility index (Phi) is 8.39. The molecule has 4 nitrogen and oxygen atoms in total. The molecule has 5 heteroatoms. The maximum absolute atomic E-state index is 13.3. The van der Waals surface area contributed by atoms with E-state index in [1.165, 1.54) is 37.5 Å². The zero-order valence-corrected chi connectivity index (χ0v) is 18.1. The van der Waals surface area contributed by atoms with E-state index in [1.807, 2.05) is 30.3 Å². The van der Waals surface area contributed by atoms with Crippen LogP contribution in [0.15, 0.2) is 66.2 Å². The van der Waals surface area contributed by atoms with Gasteiger partial charge in [0.15, 0.2) is 0 Å². The van der Waals surface area contributed by atoms with Crippen molar-refractivity contribution in [2.75, 3.05) is 6.54 Å². The summed E-state index contributed by atoms with van der Waals surface area (Å²) in [6.45, 7) is 2.30. The first-order valence-corrected chi connectivity index (χ1v) is 11.0. The molecule has 0 spiro atoms. The van der Waals surface area contributed by atoms with Gasteiger partial charge in [0.05, 0.1) is 0 Å². The predicted octanol–water partition coefficient (Wildman–Crippen LogP) is 4.79. The lowest BCUT2D eigenvalue weighted by molar-refractivity contribution is -0.139. The number of benzene rings is 2. The smallest absolute Gasteiger partial charge is 0.243 e. The minimum atomic E-state index is -0.634. The molecule has 0 aliphatic heterocycles. The zero-order valence-electron chi connectivity index (χ0n) is 18.1. The third kappa shape index (κ3) is 7.06. The molecule has 1 aliphatic carbocycles. The minimum absolute atomic E-state index is 0.155. The van der Waals surface area contributed by atoms with Crippen LogP contribution in [0, 0.1) is 5.82 Å². The molecule has 0 saturated carbocycles. The van der Waals surface area contributed by atoms with Gasteiger partial charge in [-0.05, 0) is 55.4 Å². The Balaban J connectivity index is 1.73. The van der Waals surface area contributed by atoms with E-state index >= 15 is 0 Å². The number of nitrogens with zero attached hydrogens (tertiary/aromatic N) is 1. The fourth-order valence-corrected chi connectivity index (χ4v) is 4.01. The zero-order chi connectivity index (χ0) is 22.1. The molecule has 1 N–H and O–H groups in total. The fraction of sp³-hybridized carbons (Fsp3) is 0.385. The SMILES string of the molecule is CC(=O)N(Cc1ccc(F)cc1)C(Cc1ccccc1)C(=O)NCCC1=CCCCC1. The van der Waals surface area contributed by atoms with Crippen LogP contribution in [0.3, 0.4) is 0 Å². The van der Waals surface area contributed by atoms with Crippen molar-refractivity contribution >= 4 is 11.8 Å². The van der Waals surface area contributed by atoms with Crippen LogP contribution in [0.1, 0.15) is 50.2 Å². The summed E-state index contributed by atoms with van der Waals surface area (Å²) in [6.07, 6.45) is 8.24. The molecule has 0 heterocycles. The number of hydrogen-bond acceptors (Lipinski definition) is 2. The Hall–Kier alpha value is -2.95. The van der Waals surface area contributed by atoms with Crippen LogP contribution in [0.4, 0.5) is 4.39 Å². The third-order valence-electron chi connectivity index (χ3n) is 5.75. The van der Waals surface area contributed by atoms with E-state index in [0.717, 1.165) is 30.4 Å². The van der Waals surface area contributed by atoms with Crippen molar-refractivity contribution in [2.45, 2.75) is 58.0 Å². The molecular weight excluding hydrogens is 391 g/mol. The number of rotatable bonds is 9. The number of allylic oxidation sites excluding steroid dienone is 1. The number of hydrogen-bond donors (Lipinski definition) is 1. The van der Waals surface area contributed by atoms with E-state index in [9.17, 15) is 14.0 Å². The molecule has 1 atom stereocenters. The molecule has 164 valence electrons. The van der Waals surface area contributed by atoms with Crippen LogP contribution in [0.25, 0.3) is 0 Å². The molecule has 1 aliphatic rings. The number of halogens is 1. The molecule has 0 bridgehead atoms. The maximum Gasteiger partial charge on any atom is 0.243 e. The lowest BCUT2D eigenvalue weighted by atomic mass is 9.97. The van der Waals surface area contributed by atoms with Gasteiger partial charge in [0.25, 0.3) is 0 Å². The Morgan fingerprint density at radius 3 is 2.42 bits per heavy atom. The predicted molar refractivity (Wildman–Crippen MR) is 121 cm³/mol. The molecule has 0 aromatic heterocycles. The van der Waals surface area contributed by atoms with E-state index in [1.54, 1.807) is 17.0 Å². The van der Waals surface area contributed by atoms with Gasteiger partial charge >= 0.3 is 0 Å². The monoisotopic (exact) mass is 422 g/mol. The van der Waals surface area contributed by atoms with Crippen LogP contribution in [0.5, 0.6) is 0 Å². The van der Waals surface area contributed by atoms with E-state index < -0.39 is 6.04 Å². The number of carbonyl (C=O) groups is 2. The highest BCUT2D eigenvalue weighted by atomic mass is 19.1. The normalized spacial score (nSPS) is 14.5. The van der Waals surface area contributed by atoms with E-state index in [2.05, 4.69) is 11.4 Å². The van der Waals surface area contributed by atoms with Crippen molar-refractivity contribution in [1.82, 2.24) is 10.2 Å². The van der Waals surface area contributed by atoms with Crippen molar-refractivity contribution in [3.05, 3.63) is 83.2 Å². The van der Waals surface area contributed by atoms with Gasteiger partial charge in [-0.3, -0.25) is 9.59 Å². The van der Waals surface area contributed by atoms with E-state index in [-0.39, 0.29) is 24.2 Å². The molecule has 0 fully saturated rings. The summed E-state index contributed by atoms with van der Waals surface area (Å²) in [5.41, 5.74) is 3.18. The number of amides is 2. The van der Waals surface area contributed by atoms with Gasteiger partial charge in [0, 0.05) is 26.4 Å². The van der Waals surface area contributed by atoms with Crippen molar-refractivity contribution in [3.63, 3.8) is 0 Å². The Labute approximate surface area is 184 Å². The first-order valence-electron chi connectivity index (χ1n) is 11.0. The summed E-state index contributed by atoms with van der Waals surface area (Å²) in [6, 6.07) is 15.1. The first kappa shape index (κ1) is 22.7. The molecule has 2 amide bonds. The van der Waals surface area contributed by atoms with E-state index in [4.69, 9.17) is 0 Å². The van der Waals surface area contributed by atoms with Crippen LogP contribution in [-0.4, -0.2) is 29.3 Å². The Bertz CT molecular complexity index is 893. The van der Waals surface area contributed by atoms with Crippen molar-refractivity contribution in [2.24, 2.45) is 0 Å². The molecule has 2 aromatic carbocycles. The summed E-state index contributed by atoms with van der Waals surface area (Å²) in [5.74, 6) is -0.665. The van der Waals surface area contributed by atoms with Gasteiger partial charge < -0.3 is 10.2 Å². The van der Waals surface area contributed by atoms with Gasteiger partial charge in [-0.25, -0.2) is 4.39 Å². The van der Waals surface area contributed by atoms with Crippen LogP contribution >= 0.6 is 0 Å². The third-order valence-corrected chi connectivity index (χ3v) is 5.75. The summed E-state index contributed by atoms with van der Waals surface area (Å²) in [5, 5.41) is 3.05. The highest BCUT2D eigenvalue weighted by Gasteiger charge is 2.28. The largest absolute Gasteiger partial charge is 0.354 e. The highest BCUT2D eigenvalue weighted by Crippen LogP contribution is 2.20. The van der Waals surface area contributed by atoms with Crippen LogP contribution < -0.4 is 5.32 Å². The fourth-order valence-electron chi connectivity index (χ4n) is 4.01. The molecule has 0 saturated heterocycles. The number of nitrogens with one attached hydrogen (secondary N) is 1. The van der Waals surface area contributed by atoms with Crippen molar-refractivity contribution < 1.29 is 14.0 Å². The Morgan fingerprint density at radius 1 is 1.03 bits per heavy atom. The van der Waals surface area contributed by atoms with Gasteiger partial charge in [0.1, 0.15) is 11.9 Å². The molecule has 2 aromatic rings. The van der Waals surface area contributed by atoms with Crippen LogP contribution in [-0.2, 0) is 22.6 Å². The Morgan fingerprint density at radius 2 is 1.77 bits per heavy atom. The first-order chi connectivity index (χ1) is 15.0. The van der Waals surface area contributed by atoms with E-state index in [0.29, 0.717) is 13.0 Å². The quantitative estimate of drug-likeness (QED) is 0.591. The lowest BCUT2D eigenvalue weighted by Gasteiger charge is -2.30. The molecule has 1 unspecified atom stereocenters. The van der Waals surface area contributed by atoms with Gasteiger partial charge in [-0.15, -0.1) is 0 Å². The second-order valence-corrected chi connectivity index (χ2v) is 8.13. The van der Waals surface area contributed by atoms with Gasteiger partial charge in [-0.2, -0.15) is 0 Å². The molecule has 3 rings (SSSR count). The lowest BCUT2D eigenvalue weighted by Crippen LogP contribution is -2.50. The maximum atomic E-state index is 13.3.